The van der Waals surface area contributed by atoms with E-state index in [4.69, 9.17) is 0 Å². The number of nitrogens with zero attached hydrogens (tertiary/aromatic N) is 1. The van der Waals surface area contributed by atoms with Crippen molar-refractivity contribution in [1.82, 2.24) is 0 Å². The van der Waals surface area contributed by atoms with Gasteiger partial charge in [-0.05, 0) is 130 Å². The van der Waals surface area contributed by atoms with Crippen LogP contribution in [0.4, 0.5) is 11.4 Å². The number of hydrogen-bond donors (Lipinski definition) is 0. The lowest BCUT2D eigenvalue weighted by Crippen LogP contribution is -2.46. The molecule has 4 atom stereocenters. The van der Waals surface area contributed by atoms with Crippen molar-refractivity contribution in [1.29, 1.82) is 0 Å². The van der Waals surface area contributed by atoms with Crippen LogP contribution in [0, 0.1) is 23.7 Å². The second kappa shape index (κ2) is 13.5. The van der Waals surface area contributed by atoms with Crippen LogP contribution in [-0.4, -0.2) is 0 Å². The number of rotatable bonds is 8. The van der Waals surface area contributed by atoms with E-state index in [1.54, 1.807) is 5.56 Å². The molecule has 3 aliphatic rings. The molecule has 1 fully saturated rings. The first kappa shape index (κ1) is 35.2. The maximum atomic E-state index is 4.41. The van der Waals surface area contributed by atoms with Gasteiger partial charge in [-0.15, -0.1) is 0 Å². The lowest BCUT2D eigenvalue weighted by atomic mass is 9.53. The molecule has 0 aliphatic heterocycles. The molecule has 0 N–H and O–H groups in total. The maximum absolute atomic E-state index is 4.41. The fourth-order valence-corrected chi connectivity index (χ4v) is 11.0. The summed E-state index contributed by atoms with van der Waals surface area (Å²) in [7, 11) is 0. The van der Waals surface area contributed by atoms with Gasteiger partial charge in [0.15, 0.2) is 0 Å². The molecule has 1 spiro atoms. The lowest BCUT2D eigenvalue weighted by molar-refractivity contribution is 0.101. The first-order chi connectivity index (χ1) is 25.6. The van der Waals surface area contributed by atoms with Gasteiger partial charge >= 0.3 is 0 Å². The van der Waals surface area contributed by atoms with Gasteiger partial charge in [-0.1, -0.05) is 151 Å². The Labute approximate surface area is 318 Å². The summed E-state index contributed by atoms with van der Waals surface area (Å²) in [6.07, 6.45) is 10.2. The average molecular weight is 694 g/mol. The molecular weight excluding hydrogens is 639 g/mol. The van der Waals surface area contributed by atoms with Crippen LogP contribution in [0.1, 0.15) is 95.5 Å². The molecule has 0 radical (unpaired) electrons. The van der Waals surface area contributed by atoms with Crippen molar-refractivity contribution in [3.05, 3.63) is 174 Å². The van der Waals surface area contributed by atoms with Gasteiger partial charge in [-0.2, -0.15) is 0 Å². The summed E-state index contributed by atoms with van der Waals surface area (Å²) in [6, 6.07) is 43.7. The van der Waals surface area contributed by atoms with Crippen molar-refractivity contribution in [2.45, 2.75) is 78.6 Å². The predicted octanol–water partition coefficient (Wildman–Crippen LogP) is 14.3. The standard InChI is InChI=1S/C52H55N/c1-9-18-50(41(10-2)37-19-12-11-13-20-37)53(39-26-28-47-45(32-39)43-22-14-16-23-46(43)51(47,7)8)40-25-27-44-42-21-15-17-24-48(42)52(49(44)33-40)36(6)30-35(5)31-38(52)29-34(3)4/h9-28,32-36,38H,2,29-31H2,1,3-8H3/b18-9-,50-41-. The van der Waals surface area contributed by atoms with Crippen LogP contribution in [0.25, 0.3) is 27.8 Å². The fourth-order valence-electron chi connectivity index (χ4n) is 11.0. The Balaban J connectivity index is 1.42. The summed E-state index contributed by atoms with van der Waals surface area (Å²) in [4.78, 5) is 2.52. The van der Waals surface area contributed by atoms with Gasteiger partial charge in [0.25, 0.3) is 0 Å². The van der Waals surface area contributed by atoms with E-state index in [9.17, 15) is 0 Å². The van der Waals surface area contributed by atoms with E-state index >= 15 is 0 Å². The zero-order valence-electron chi connectivity index (χ0n) is 32.8. The minimum atomic E-state index is -0.0565. The number of allylic oxidation sites excluding steroid dienone is 4. The van der Waals surface area contributed by atoms with Crippen molar-refractivity contribution in [3.8, 4) is 22.3 Å². The zero-order valence-corrected chi connectivity index (χ0v) is 32.8. The van der Waals surface area contributed by atoms with Crippen molar-refractivity contribution >= 4 is 16.9 Å². The highest BCUT2D eigenvalue weighted by molar-refractivity contribution is 5.91. The van der Waals surface area contributed by atoms with Gasteiger partial charge in [0.05, 0.1) is 5.70 Å². The quantitative estimate of drug-likeness (QED) is 0.146. The molecule has 0 amide bonds. The number of benzene rings is 5. The Kier molecular flexibility index (Phi) is 8.97. The molecule has 0 aromatic heterocycles. The van der Waals surface area contributed by atoms with Gasteiger partial charge in [-0.25, -0.2) is 0 Å². The van der Waals surface area contributed by atoms with Crippen LogP contribution in [0.2, 0.25) is 0 Å². The first-order valence-corrected chi connectivity index (χ1v) is 19.9. The monoisotopic (exact) mass is 693 g/mol. The number of anilines is 2. The normalized spacial score (nSPS) is 22.7. The SMILES string of the molecule is C=C/C(=C(\C=C/C)N(c1ccc2c(c1)-c1ccccc1C2(C)C)c1ccc2c(c1)C1(c3ccccc3-2)C(C)CC(C)CC1CC(C)C)c1ccccc1. The minimum absolute atomic E-state index is 0.0313. The van der Waals surface area contributed by atoms with Crippen molar-refractivity contribution in [2.24, 2.45) is 23.7 Å². The van der Waals surface area contributed by atoms with E-state index < -0.39 is 0 Å². The van der Waals surface area contributed by atoms with E-state index in [-0.39, 0.29) is 10.8 Å². The summed E-state index contributed by atoms with van der Waals surface area (Å²) < 4.78 is 0. The third-order valence-electron chi connectivity index (χ3n) is 12.9. The molecule has 4 unspecified atom stereocenters. The van der Waals surface area contributed by atoms with E-state index in [1.165, 1.54) is 63.9 Å². The smallest absolute Gasteiger partial charge is 0.0536 e. The second-order valence-electron chi connectivity index (χ2n) is 17.1. The minimum Gasteiger partial charge on any atom is -0.310 e. The molecule has 1 nitrogen and oxygen atoms in total. The molecule has 1 saturated carbocycles. The maximum Gasteiger partial charge on any atom is 0.0536 e. The van der Waals surface area contributed by atoms with Crippen LogP contribution >= 0.6 is 0 Å². The van der Waals surface area contributed by atoms with Gasteiger partial charge < -0.3 is 4.90 Å². The molecule has 53 heavy (non-hydrogen) atoms. The Morgan fingerprint density at radius 1 is 0.717 bits per heavy atom. The second-order valence-corrected chi connectivity index (χ2v) is 17.1. The topological polar surface area (TPSA) is 3.24 Å². The highest BCUT2D eigenvalue weighted by atomic mass is 15.1. The van der Waals surface area contributed by atoms with Gasteiger partial charge in [0, 0.05) is 27.8 Å². The first-order valence-electron chi connectivity index (χ1n) is 19.9. The predicted molar refractivity (Wildman–Crippen MR) is 228 cm³/mol. The summed E-state index contributed by atoms with van der Waals surface area (Å²) in [6.45, 7) is 21.1. The zero-order chi connectivity index (χ0) is 37.1. The molecule has 0 heterocycles. The molecule has 1 heteroatoms. The summed E-state index contributed by atoms with van der Waals surface area (Å²) in [5, 5.41) is 0. The third kappa shape index (κ3) is 5.50. The molecule has 3 aliphatic carbocycles. The summed E-state index contributed by atoms with van der Waals surface area (Å²) in [5.41, 5.74) is 17.0. The molecule has 268 valence electrons. The highest BCUT2D eigenvalue weighted by Crippen LogP contribution is 2.63. The molecule has 0 saturated heterocycles. The summed E-state index contributed by atoms with van der Waals surface area (Å²) >= 11 is 0. The average Bonchev–Trinajstić information content (AvgIpc) is 3.57. The van der Waals surface area contributed by atoms with Crippen LogP contribution in [0.3, 0.4) is 0 Å². The van der Waals surface area contributed by atoms with Gasteiger partial charge in [-0.3, -0.25) is 0 Å². The van der Waals surface area contributed by atoms with Crippen molar-refractivity contribution in [3.63, 3.8) is 0 Å². The van der Waals surface area contributed by atoms with Gasteiger partial charge in [0.1, 0.15) is 0 Å². The largest absolute Gasteiger partial charge is 0.310 e. The van der Waals surface area contributed by atoms with Crippen LogP contribution in [-0.2, 0) is 10.8 Å². The molecule has 0 bridgehead atoms. The van der Waals surface area contributed by atoms with E-state index in [0.29, 0.717) is 17.8 Å². The Hall–Kier alpha value is -4.88. The Morgan fingerprint density at radius 2 is 1.32 bits per heavy atom. The Bertz CT molecular complexity index is 2240. The van der Waals surface area contributed by atoms with E-state index in [1.807, 2.05) is 6.08 Å². The van der Waals surface area contributed by atoms with E-state index in [2.05, 4.69) is 187 Å². The molecule has 5 aromatic rings. The van der Waals surface area contributed by atoms with Crippen molar-refractivity contribution < 1.29 is 0 Å². The third-order valence-corrected chi connectivity index (χ3v) is 12.9. The number of hydrogen-bond acceptors (Lipinski definition) is 1. The molecular formula is C52H55N. The number of fused-ring (bicyclic) bond motifs is 8. The van der Waals surface area contributed by atoms with Crippen LogP contribution in [0.15, 0.2) is 146 Å². The van der Waals surface area contributed by atoms with E-state index in [0.717, 1.165) is 28.4 Å². The Morgan fingerprint density at radius 3 is 2.02 bits per heavy atom. The fraction of sp³-hybridized carbons (Fsp3) is 0.308. The van der Waals surface area contributed by atoms with Crippen LogP contribution < -0.4 is 4.90 Å². The molecule has 8 rings (SSSR count). The molecule has 5 aromatic carbocycles. The van der Waals surface area contributed by atoms with Crippen LogP contribution in [0.5, 0.6) is 0 Å². The van der Waals surface area contributed by atoms with Gasteiger partial charge in [0.2, 0.25) is 0 Å². The lowest BCUT2D eigenvalue weighted by Gasteiger charge is -2.51. The summed E-state index contributed by atoms with van der Waals surface area (Å²) in [5.74, 6) is 2.45. The highest BCUT2D eigenvalue weighted by Gasteiger charge is 2.54. The van der Waals surface area contributed by atoms with Crippen molar-refractivity contribution in [2.75, 3.05) is 4.90 Å².